The van der Waals surface area contributed by atoms with Crippen LogP contribution in [0.15, 0.2) is 22.6 Å². The number of rotatable bonds is 8. The van der Waals surface area contributed by atoms with Gasteiger partial charge in [0, 0.05) is 18.0 Å². The van der Waals surface area contributed by atoms with E-state index in [1.807, 2.05) is 13.8 Å². The Balaban J connectivity index is 2.32. The van der Waals surface area contributed by atoms with Gasteiger partial charge in [-0.05, 0) is 25.8 Å². The molecule has 0 aliphatic heterocycles. The Morgan fingerprint density at radius 3 is 2.64 bits per heavy atom. The van der Waals surface area contributed by atoms with Crippen LogP contribution in [0.25, 0.3) is 10.2 Å². The third-order valence-corrected chi connectivity index (χ3v) is 6.17. The van der Waals surface area contributed by atoms with Gasteiger partial charge in [0.1, 0.15) is 11.4 Å². The third-order valence-electron chi connectivity index (χ3n) is 4.11. The molecule has 0 fully saturated rings. The Hall–Kier alpha value is -1.81. The van der Waals surface area contributed by atoms with Crippen LogP contribution in [0.2, 0.25) is 0 Å². The van der Waals surface area contributed by atoms with Gasteiger partial charge in [0.2, 0.25) is 5.91 Å². The number of halogens is 3. The van der Waals surface area contributed by atoms with E-state index >= 15 is 0 Å². The van der Waals surface area contributed by atoms with E-state index in [0.717, 1.165) is 27.1 Å². The van der Waals surface area contributed by atoms with Gasteiger partial charge in [-0.25, -0.2) is 4.98 Å². The van der Waals surface area contributed by atoms with Crippen LogP contribution in [-0.2, 0) is 11.3 Å². The topological polar surface area (TPSA) is 55.2 Å². The van der Waals surface area contributed by atoms with Gasteiger partial charge in [-0.2, -0.15) is 13.2 Å². The zero-order valence-electron chi connectivity index (χ0n) is 15.9. The molecule has 0 aliphatic carbocycles. The first-order valence-electron chi connectivity index (χ1n) is 8.67. The van der Waals surface area contributed by atoms with Crippen molar-refractivity contribution in [3.63, 3.8) is 0 Å². The molecule has 0 N–H and O–H groups in total. The molecule has 0 aliphatic rings. The molecule has 10 heteroatoms. The molecule has 0 saturated carbocycles. The molecule has 0 atom stereocenters. The second kappa shape index (κ2) is 9.13. The second-order valence-electron chi connectivity index (χ2n) is 6.28. The summed E-state index contributed by atoms with van der Waals surface area (Å²) in [6.45, 7) is 8.04. The van der Waals surface area contributed by atoms with Gasteiger partial charge in [-0.15, -0.1) is 17.9 Å². The van der Waals surface area contributed by atoms with E-state index in [-0.39, 0.29) is 24.4 Å². The van der Waals surface area contributed by atoms with Crippen LogP contribution in [0.3, 0.4) is 0 Å². The van der Waals surface area contributed by atoms with Crippen LogP contribution in [0.5, 0.6) is 0 Å². The normalized spacial score (nSPS) is 11.8. The van der Waals surface area contributed by atoms with E-state index in [1.54, 1.807) is 13.0 Å². The monoisotopic (exact) mass is 433 g/mol. The minimum absolute atomic E-state index is 0.0220. The third kappa shape index (κ3) is 5.16. The van der Waals surface area contributed by atoms with Gasteiger partial charge in [0.25, 0.3) is 5.56 Å². The highest BCUT2D eigenvalue weighted by molar-refractivity contribution is 7.99. The summed E-state index contributed by atoms with van der Waals surface area (Å²) < 4.78 is 39.6. The lowest BCUT2D eigenvalue weighted by atomic mass is 10.2. The summed E-state index contributed by atoms with van der Waals surface area (Å²) in [6, 6.07) is 0. The molecule has 5 nitrogen and oxygen atoms in total. The predicted octanol–water partition coefficient (Wildman–Crippen LogP) is 4.15. The lowest BCUT2D eigenvalue weighted by Gasteiger charge is -2.23. The number of aryl methyl sites for hydroxylation is 2. The summed E-state index contributed by atoms with van der Waals surface area (Å²) >= 11 is 2.35. The fourth-order valence-electron chi connectivity index (χ4n) is 2.70. The van der Waals surface area contributed by atoms with Gasteiger partial charge in [0.05, 0.1) is 11.1 Å². The van der Waals surface area contributed by atoms with E-state index in [9.17, 15) is 22.8 Å². The van der Waals surface area contributed by atoms with Crippen molar-refractivity contribution in [1.82, 2.24) is 14.5 Å². The first kappa shape index (κ1) is 22.5. The molecule has 154 valence electrons. The quantitative estimate of drug-likeness (QED) is 0.357. The number of hydrogen-bond acceptors (Lipinski definition) is 5. The number of amides is 1. The van der Waals surface area contributed by atoms with Crippen LogP contribution < -0.4 is 5.56 Å². The number of carbonyl (C=O) groups is 1. The van der Waals surface area contributed by atoms with Gasteiger partial charge in [-0.1, -0.05) is 24.8 Å². The molecule has 2 rings (SSSR count). The summed E-state index contributed by atoms with van der Waals surface area (Å²) in [5, 5.41) is 0.833. The predicted molar refractivity (Wildman–Crippen MR) is 107 cm³/mol. The molecule has 0 spiro atoms. The van der Waals surface area contributed by atoms with Crippen molar-refractivity contribution in [2.75, 3.05) is 18.8 Å². The summed E-state index contributed by atoms with van der Waals surface area (Å²) in [4.78, 5) is 32.0. The minimum atomic E-state index is -4.45. The van der Waals surface area contributed by atoms with E-state index in [0.29, 0.717) is 21.8 Å². The van der Waals surface area contributed by atoms with E-state index in [4.69, 9.17) is 0 Å². The highest BCUT2D eigenvalue weighted by Gasteiger charge is 2.32. The summed E-state index contributed by atoms with van der Waals surface area (Å²) in [6.07, 6.45) is -2.49. The number of hydrogen-bond donors (Lipinski definition) is 0. The lowest BCUT2D eigenvalue weighted by Crippen LogP contribution is -2.40. The van der Waals surface area contributed by atoms with Crippen molar-refractivity contribution >= 4 is 39.2 Å². The number of fused-ring (bicyclic) bond motifs is 1. The molecule has 1 amide bonds. The zero-order chi connectivity index (χ0) is 21.1. The van der Waals surface area contributed by atoms with Crippen LogP contribution in [0, 0.1) is 13.8 Å². The number of aromatic nitrogens is 2. The highest BCUT2D eigenvalue weighted by Crippen LogP contribution is 2.28. The average molecular weight is 434 g/mol. The van der Waals surface area contributed by atoms with Crippen molar-refractivity contribution in [2.24, 2.45) is 0 Å². The molecule has 2 aromatic rings. The second-order valence-corrected chi connectivity index (χ2v) is 8.43. The molecule has 0 aromatic carbocycles. The smallest absolute Gasteiger partial charge is 0.333 e. The SMILES string of the molecule is C=CCn1c(SCC(=O)N(CCC)CC(F)(F)F)nc2sc(C)c(C)c2c1=O. The highest BCUT2D eigenvalue weighted by atomic mass is 32.2. The van der Waals surface area contributed by atoms with Crippen molar-refractivity contribution < 1.29 is 18.0 Å². The Kier molecular flexibility index (Phi) is 7.33. The van der Waals surface area contributed by atoms with Crippen molar-refractivity contribution in [3.05, 3.63) is 33.4 Å². The van der Waals surface area contributed by atoms with Crippen molar-refractivity contribution in [3.8, 4) is 0 Å². The standard InChI is InChI=1S/C18H22F3N3O2S2/c1-5-7-23(10-18(19,20)21)13(25)9-27-17-22-15-14(11(3)12(4)28-15)16(26)24(17)8-6-2/h6H,2,5,7-10H2,1,3-4H3. The van der Waals surface area contributed by atoms with E-state index in [2.05, 4.69) is 11.6 Å². The van der Waals surface area contributed by atoms with Crippen LogP contribution in [0.1, 0.15) is 23.8 Å². The summed E-state index contributed by atoms with van der Waals surface area (Å²) in [7, 11) is 0. The summed E-state index contributed by atoms with van der Waals surface area (Å²) in [5.41, 5.74) is 0.629. The van der Waals surface area contributed by atoms with Gasteiger partial charge in [0.15, 0.2) is 5.16 Å². The average Bonchev–Trinajstić information content (AvgIpc) is 2.88. The van der Waals surface area contributed by atoms with Crippen LogP contribution >= 0.6 is 23.1 Å². The first-order chi connectivity index (χ1) is 13.1. The van der Waals surface area contributed by atoms with Gasteiger partial charge < -0.3 is 4.90 Å². The Morgan fingerprint density at radius 1 is 1.39 bits per heavy atom. The maximum atomic E-state index is 12.9. The molecule has 0 radical (unpaired) electrons. The molecular weight excluding hydrogens is 411 g/mol. The van der Waals surface area contributed by atoms with Gasteiger partial charge in [-0.3, -0.25) is 14.2 Å². The number of thiophene rings is 1. The maximum absolute atomic E-state index is 12.9. The maximum Gasteiger partial charge on any atom is 0.406 e. The number of nitrogens with zero attached hydrogens (tertiary/aromatic N) is 3. The Labute approximate surface area is 169 Å². The molecule has 0 bridgehead atoms. The molecule has 0 unspecified atom stereocenters. The van der Waals surface area contributed by atoms with Crippen molar-refractivity contribution in [2.45, 2.75) is 45.1 Å². The van der Waals surface area contributed by atoms with E-state index < -0.39 is 18.6 Å². The lowest BCUT2D eigenvalue weighted by molar-refractivity contribution is -0.159. The largest absolute Gasteiger partial charge is 0.406 e. The number of allylic oxidation sites excluding steroid dienone is 1. The molecule has 2 aromatic heterocycles. The fraction of sp³-hybridized carbons (Fsp3) is 0.500. The Bertz CT molecular complexity index is 935. The van der Waals surface area contributed by atoms with Gasteiger partial charge >= 0.3 is 6.18 Å². The number of thioether (sulfide) groups is 1. The molecule has 2 heterocycles. The molecular formula is C18H22F3N3O2S2. The minimum Gasteiger partial charge on any atom is -0.333 e. The van der Waals surface area contributed by atoms with E-state index in [1.165, 1.54) is 15.9 Å². The first-order valence-corrected chi connectivity index (χ1v) is 10.5. The van der Waals surface area contributed by atoms with Crippen molar-refractivity contribution in [1.29, 1.82) is 0 Å². The number of alkyl halides is 3. The Morgan fingerprint density at radius 2 is 2.07 bits per heavy atom. The molecule has 0 saturated heterocycles. The van der Waals surface area contributed by atoms with Crippen LogP contribution in [0.4, 0.5) is 13.2 Å². The fourth-order valence-corrected chi connectivity index (χ4v) is 4.69. The zero-order valence-corrected chi connectivity index (χ0v) is 17.6. The number of carbonyl (C=O) groups excluding carboxylic acids is 1. The summed E-state index contributed by atoms with van der Waals surface area (Å²) in [5.74, 6) is -0.865. The van der Waals surface area contributed by atoms with Crippen LogP contribution in [-0.4, -0.2) is 45.4 Å². The molecule has 28 heavy (non-hydrogen) atoms.